The van der Waals surface area contributed by atoms with Gasteiger partial charge in [-0.15, -0.1) is 0 Å². The summed E-state index contributed by atoms with van der Waals surface area (Å²) in [5.74, 6) is 4.36. The zero-order valence-electron chi connectivity index (χ0n) is 3.57. The number of hydrogen-bond donors (Lipinski definition) is 1. The van der Waals surface area contributed by atoms with Gasteiger partial charge in [0.2, 0.25) is 0 Å². The molecule has 46 valence electrons. The Morgan fingerprint density at radius 1 is 1.62 bits per heavy atom. The molecule has 0 aliphatic carbocycles. The molecular weight excluding hydrogens is 137 g/mol. The normalized spacial score (nSPS) is 22.9. The van der Waals surface area contributed by atoms with Gasteiger partial charge in [0, 0.05) is 0 Å². The Bertz CT molecular complexity index is 152. The molecule has 1 aliphatic rings. The standard InChI is InChI=1S/CH2NO5P/c2-7-8(4)5-1(3)6-8/h2H2. The van der Waals surface area contributed by atoms with Crippen LogP contribution in [0.1, 0.15) is 0 Å². The lowest BCUT2D eigenvalue weighted by molar-refractivity contribution is 0.0535. The predicted octanol–water partition coefficient (Wildman–Crippen LogP) is 0.152. The first kappa shape index (κ1) is 5.55. The van der Waals surface area contributed by atoms with E-state index >= 15 is 0 Å². The van der Waals surface area contributed by atoms with E-state index in [1.807, 2.05) is 0 Å². The maximum atomic E-state index is 10.2. The molecule has 0 aromatic carbocycles. The van der Waals surface area contributed by atoms with Crippen molar-refractivity contribution in [3.63, 3.8) is 0 Å². The van der Waals surface area contributed by atoms with E-state index in [-0.39, 0.29) is 0 Å². The van der Waals surface area contributed by atoms with Crippen LogP contribution >= 0.6 is 7.82 Å². The Morgan fingerprint density at radius 3 is 2.25 bits per heavy atom. The van der Waals surface area contributed by atoms with E-state index in [0.29, 0.717) is 0 Å². The van der Waals surface area contributed by atoms with Crippen LogP contribution in [0.3, 0.4) is 0 Å². The summed E-state index contributed by atoms with van der Waals surface area (Å²) < 4.78 is 21.5. The predicted molar refractivity (Wildman–Crippen MR) is 20.4 cm³/mol. The van der Waals surface area contributed by atoms with Gasteiger partial charge in [-0.2, -0.15) is 4.62 Å². The lowest BCUT2D eigenvalue weighted by Crippen LogP contribution is -2.20. The minimum Gasteiger partial charge on any atom is -0.327 e. The highest BCUT2D eigenvalue weighted by Crippen LogP contribution is 2.56. The van der Waals surface area contributed by atoms with Crippen molar-refractivity contribution in [3.8, 4) is 0 Å². The van der Waals surface area contributed by atoms with Gasteiger partial charge in [0.25, 0.3) is 0 Å². The summed E-state index contributed by atoms with van der Waals surface area (Å²) >= 11 is 0. The summed E-state index contributed by atoms with van der Waals surface area (Å²) in [6.07, 6.45) is -1.03. The van der Waals surface area contributed by atoms with E-state index in [1.54, 1.807) is 0 Å². The third-order valence-corrected chi connectivity index (χ3v) is 1.51. The van der Waals surface area contributed by atoms with Crippen LogP contribution in [0, 0.1) is 0 Å². The molecule has 0 atom stereocenters. The molecule has 2 N–H and O–H groups in total. The molecular formula is CH2NO5P. The van der Waals surface area contributed by atoms with Gasteiger partial charge in [-0.3, -0.25) is 0 Å². The molecule has 1 heterocycles. The SMILES string of the molecule is NOP1(=O)OC(=O)O1. The molecule has 8 heavy (non-hydrogen) atoms. The molecule has 0 spiro atoms. The molecule has 1 saturated heterocycles. The van der Waals surface area contributed by atoms with Crippen molar-refractivity contribution in [2.75, 3.05) is 0 Å². The van der Waals surface area contributed by atoms with E-state index in [2.05, 4.69) is 19.6 Å². The monoisotopic (exact) mass is 139 g/mol. The second kappa shape index (κ2) is 1.45. The molecule has 0 unspecified atom stereocenters. The summed E-state index contributed by atoms with van der Waals surface area (Å²) in [7, 11) is -3.60. The molecule has 0 aromatic heterocycles. The Labute approximate surface area is 44.1 Å². The quantitative estimate of drug-likeness (QED) is 0.411. The molecule has 0 saturated carbocycles. The minimum absolute atomic E-state index is 1.03. The van der Waals surface area contributed by atoms with Crippen molar-refractivity contribution < 1.29 is 23.0 Å². The van der Waals surface area contributed by atoms with Crippen molar-refractivity contribution in [2.24, 2.45) is 5.90 Å². The van der Waals surface area contributed by atoms with Gasteiger partial charge in [-0.25, -0.2) is 15.3 Å². The lowest BCUT2D eigenvalue weighted by atomic mass is 11.5. The Hall–Kier alpha value is -0.580. The zero-order valence-corrected chi connectivity index (χ0v) is 4.46. The molecule has 0 amide bonds. The number of phosphoric acid groups is 1. The molecule has 1 fully saturated rings. The molecule has 1 rings (SSSR count). The van der Waals surface area contributed by atoms with Crippen LogP contribution < -0.4 is 5.90 Å². The van der Waals surface area contributed by atoms with E-state index in [9.17, 15) is 9.36 Å². The van der Waals surface area contributed by atoms with Gasteiger partial charge in [0.05, 0.1) is 0 Å². The fourth-order valence-electron chi connectivity index (χ4n) is 0.232. The Balaban J connectivity index is 2.53. The average Bonchev–Trinajstić information content (AvgIpc) is 1.63. The fourth-order valence-corrected chi connectivity index (χ4v) is 0.697. The van der Waals surface area contributed by atoms with Gasteiger partial charge in [0.15, 0.2) is 0 Å². The van der Waals surface area contributed by atoms with Crippen LogP contribution in [-0.2, 0) is 18.2 Å². The summed E-state index contributed by atoms with van der Waals surface area (Å²) in [5.41, 5.74) is 0. The van der Waals surface area contributed by atoms with Crippen molar-refractivity contribution in [1.82, 2.24) is 0 Å². The average molecular weight is 139 g/mol. The van der Waals surface area contributed by atoms with Crippen molar-refractivity contribution in [2.45, 2.75) is 0 Å². The van der Waals surface area contributed by atoms with Gasteiger partial charge in [-0.05, 0) is 0 Å². The van der Waals surface area contributed by atoms with E-state index in [4.69, 9.17) is 0 Å². The van der Waals surface area contributed by atoms with Gasteiger partial charge < -0.3 is 9.05 Å². The number of rotatable bonds is 1. The van der Waals surface area contributed by atoms with Gasteiger partial charge in [-0.1, -0.05) is 0 Å². The highest BCUT2D eigenvalue weighted by atomic mass is 31.2. The first-order valence-corrected chi connectivity index (χ1v) is 3.04. The van der Waals surface area contributed by atoms with Crippen molar-refractivity contribution >= 4 is 14.0 Å². The van der Waals surface area contributed by atoms with Crippen molar-refractivity contribution in [3.05, 3.63) is 0 Å². The number of nitrogens with two attached hydrogens (primary N) is 1. The second-order valence-electron chi connectivity index (χ2n) is 0.985. The number of hydrogen-bond acceptors (Lipinski definition) is 6. The van der Waals surface area contributed by atoms with E-state index < -0.39 is 14.0 Å². The smallest absolute Gasteiger partial charge is 0.327 e. The summed E-state index contributed by atoms with van der Waals surface area (Å²) in [6, 6.07) is 0. The van der Waals surface area contributed by atoms with Crippen molar-refractivity contribution in [1.29, 1.82) is 0 Å². The number of carbonyl (C=O) groups excluding carboxylic acids is 1. The summed E-state index contributed by atoms with van der Waals surface area (Å²) in [4.78, 5) is 9.72. The van der Waals surface area contributed by atoms with Crippen LogP contribution in [0.25, 0.3) is 0 Å². The Kier molecular flexibility index (Phi) is 1.00. The lowest BCUT2D eigenvalue weighted by Gasteiger charge is -2.19. The molecule has 6 nitrogen and oxygen atoms in total. The van der Waals surface area contributed by atoms with E-state index in [0.717, 1.165) is 0 Å². The maximum absolute atomic E-state index is 10.2. The highest BCUT2D eigenvalue weighted by molar-refractivity contribution is 7.51. The summed E-state index contributed by atoms with van der Waals surface area (Å²) in [5, 5.41) is 0. The highest BCUT2D eigenvalue weighted by Gasteiger charge is 2.46. The minimum atomic E-state index is -3.60. The van der Waals surface area contributed by atoms with Crippen LogP contribution in [0.15, 0.2) is 0 Å². The second-order valence-corrected chi connectivity index (χ2v) is 2.46. The third-order valence-electron chi connectivity index (χ3n) is 0.502. The molecule has 0 radical (unpaired) electrons. The third kappa shape index (κ3) is 0.686. The van der Waals surface area contributed by atoms with Gasteiger partial charge >= 0.3 is 14.0 Å². The largest absolute Gasteiger partial charge is 0.613 e. The van der Waals surface area contributed by atoms with Crippen LogP contribution in [-0.4, -0.2) is 6.16 Å². The number of carbonyl (C=O) groups is 1. The van der Waals surface area contributed by atoms with E-state index in [1.165, 1.54) is 0 Å². The summed E-state index contributed by atoms with van der Waals surface area (Å²) in [6.45, 7) is 0. The van der Waals surface area contributed by atoms with Crippen LogP contribution in [0.5, 0.6) is 0 Å². The number of phosphoric ester groups is 1. The molecule has 0 bridgehead atoms. The van der Waals surface area contributed by atoms with Crippen LogP contribution in [0.4, 0.5) is 4.79 Å². The van der Waals surface area contributed by atoms with Gasteiger partial charge in [0.1, 0.15) is 0 Å². The van der Waals surface area contributed by atoms with Crippen LogP contribution in [0.2, 0.25) is 0 Å². The first-order valence-electron chi connectivity index (χ1n) is 1.58. The Morgan fingerprint density at radius 2 is 2.12 bits per heavy atom. The maximum Gasteiger partial charge on any atom is 0.613 e. The molecule has 7 heteroatoms. The molecule has 1 aliphatic heterocycles. The zero-order chi connectivity index (χ0) is 6.20. The topological polar surface area (TPSA) is 87.9 Å². The molecule has 0 aromatic rings. The first-order chi connectivity index (χ1) is 3.66. The fraction of sp³-hybridized carbons (Fsp3) is 0.